The maximum atomic E-state index is 9.45. The predicted molar refractivity (Wildman–Crippen MR) is 45.9 cm³/mol. The average molecular weight is 166 g/mol. The van der Waals surface area contributed by atoms with E-state index in [4.69, 9.17) is 0 Å². The summed E-state index contributed by atoms with van der Waals surface area (Å²) < 4.78 is 2.10. The lowest BCUT2D eigenvalue weighted by Crippen LogP contribution is -2.31. The van der Waals surface area contributed by atoms with E-state index in [9.17, 15) is 5.11 Å². The third-order valence-corrected chi connectivity index (χ3v) is 2.66. The van der Waals surface area contributed by atoms with Crippen LogP contribution in [0.4, 0.5) is 0 Å². The summed E-state index contributed by atoms with van der Waals surface area (Å²) in [7, 11) is 0. The van der Waals surface area contributed by atoms with Crippen molar-refractivity contribution in [2.75, 3.05) is 0 Å². The molecular weight excluding hydrogens is 152 g/mol. The maximum Gasteiger partial charge on any atom is 0.114 e. The second-order valence-electron chi connectivity index (χ2n) is 3.32. The molecule has 1 saturated carbocycles. The lowest BCUT2D eigenvalue weighted by atomic mass is 9.81. The minimum Gasteiger partial charge on any atom is -0.392 e. The number of aliphatic hydroxyl groups is 1. The van der Waals surface area contributed by atoms with E-state index in [0.29, 0.717) is 5.92 Å². The topological polar surface area (TPSA) is 38.0 Å². The number of aromatic nitrogens is 2. The van der Waals surface area contributed by atoms with Gasteiger partial charge in [0.25, 0.3) is 0 Å². The molecule has 0 saturated heterocycles. The van der Waals surface area contributed by atoms with Gasteiger partial charge in [0.05, 0.1) is 6.10 Å². The Balaban J connectivity index is 2.21. The van der Waals surface area contributed by atoms with E-state index >= 15 is 0 Å². The monoisotopic (exact) mass is 166 g/mol. The van der Waals surface area contributed by atoms with Crippen molar-refractivity contribution in [1.82, 2.24) is 9.55 Å². The van der Waals surface area contributed by atoms with Gasteiger partial charge in [0.2, 0.25) is 0 Å². The van der Waals surface area contributed by atoms with Crippen molar-refractivity contribution >= 4 is 0 Å². The predicted octanol–water partition coefficient (Wildman–Crippen LogP) is 1.14. The van der Waals surface area contributed by atoms with Gasteiger partial charge in [-0.1, -0.05) is 0 Å². The molecule has 1 aromatic heterocycles. The minimum atomic E-state index is -0.155. The van der Waals surface area contributed by atoms with Crippen LogP contribution < -0.4 is 0 Å². The van der Waals surface area contributed by atoms with Crippen molar-refractivity contribution in [3.8, 4) is 0 Å². The fourth-order valence-corrected chi connectivity index (χ4v) is 1.70. The summed E-state index contributed by atoms with van der Waals surface area (Å²) in [6, 6.07) is 0. The molecule has 1 heterocycles. The van der Waals surface area contributed by atoms with Crippen molar-refractivity contribution in [3.63, 3.8) is 0 Å². The van der Waals surface area contributed by atoms with Crippen LogP contribution >= 0.6 is 0 Å². The standard InChI is InChI=1S/C9H14N2O/c1-2-11-6-5-10-9(11)7-3-4-8(7)12/h5-8,12H,2-4H2,1H3. The second-order valence-corrected chi connectivity index (χ2v) is 3.32. The Morgan fingerprint density at radius 1 is 1.67 bits per heavy atom. The summed E-state index contributed by atoms with van der Waals surface area (Å²) in [6.07, 6.45) is 5.64. The first kappa shape index (κ1) is 7.80. The van der Waals surface area contributed by atoms with Gasteiger partial charge in [0, 0.05) is 24.9 Å². The molecule has 1 aliphatic carbocycles. The third-order valence-electron chi connectivity index (χ3n) is 2.66. The number of rotatable bonds is 2. The molecule has 1 N–H and O–H groups in total. The molecule has 2 rings (SSSR count). The van der Waals surface area contributed by atoms with E-state index < -0.39 is 0 Å². The summed E-state index contributed by atoms with van der Waals surface area (Å²) >= 11 is 0. The molecule has 1 fully saturated rings. The van der Waals surface area contributed by atoms with Gasteiger partial charge in [-0.25, -0.2) is 4.98 Å². The van der Waals surface area contributed by atoms with Gasteiger partial charge < -0.3 is 9.67 Å². The number of hydrogen-bond acceptors (Lipinski definition) is 2. The van der Waals surface area contributed by atoms with Crippen molar-refractivity contribution in [3.05, 3.63) is 18.2 Å². The smallest absolute Gasteiger partial charge is 0.114 e. The highest BCUT2D eigenvalue weighted by Crippen LogP contribution is 2.35. The summed E-state index contributed by atoms with van der Waals surface area (Å²) in [4.78, 5) is 4.26. The molecule has 0 aliphatic heterocycles. The summed E-state index contributed by atoms with van der Waals surface area (Å²) in [5.74, 6) is 1.34. The van der Waals surface area contributed by atoms with Crippen LogP contribution in [-0.2, 0) is 6.54 Å². The normalized spacial score (nSPS) is 28.5. The fraction of sp³-hybridized carbons (Fsp3) is 0.667. The molecule has 3 heteroatoms. The first-order valence-electron chi connectivity index (χ1n) is 4.52. The van der Waals surface area contributed by atoms with Crippen molar-refractivity contribution in [2.24, 2.45) is 0 Å². The number of aryl methyl sites for hydroxylation is 1. The van der Waals surface area contributed by atoms with E-state index in [-0.39, 0.29) is 6.10 Å². The van der Waals surface area contributed by atoms with E-state index in [1.807, 2.05) is 12.4 Å². The van der Waals surface area contributed by atoms with Gasteiger partial charge in [0.1, 0.15) is 5.82 Å². The first-order valence-corrected chi connectivity index (χ1v) is 4.52. The number of imidazole rings is 1. The molecule has 2 unspecified atom stereocenters. The summed E-state index contributed by atoms with van der Waals surface area (Å²) in [6.45, 7) is 3.04. The molecular formula is C9H14N2O. The van der Waals surface area contributed by atoms with Gasteiger partial charge in [-0.2, -0.15) is 0 Å². The van der Waals surface area contributed by atoms with Gasteiger partial charge in [-0.3, -0.25) is 0 Å². The number of aliphatic hydroxyl groups excluding tert-OH is 1. The van der Waals surface area contributed by atoms with Crippen LogP contribution in [0.5, 0.6) is 0 Å². The Morgan fingerprint density at radius 3 is 3.00 bits per heavy atom. The Labute approximate surface area is 72.0 Å². The van der Waals surface area contributed by atoms with Crippen molar-refractivity contribution in [1.29, 1.82) is 0 Å². The van der Waals surface area contributed by atoms with Crippen LogP contribution in [0.25, 0.3) is 0 Å². The third kappa shape index (κ3) is 1.05. The zero-order valence-corrected chi connectivity index (χ0v) is 7.27. The quantitative estimate of drug-likeness (QED) is 0.715. The highest BCUT2D eigenvalue weighted by atomic mass is 16.3. The Bertz CT molecular complexity index is 269. The van der Waals surface area contributed by atoms with Crippen molar-refractivity contribution < 1.29 is 5.11 Å². The molecule has 1 aromatic rings. The maximum absolute atomic E-state index is 9.45. The zero-order chi connectivity index (χ0) is 8.55. The lowest BCUT2D eigenvalue weighted by molar-refractivity contribution is 0.0606. The Morgan fingerprint density at radius 2 is 2.50 bits per heavy atom. The highest BCUT2D eigenvalue weighted by Gasteiger charge is 2.33. The summed E-state index contributed by atoms with van der Waals surface area (Å²) in [5.41, 5.74) is 0. The largest absolute Gasteiger partial charge is 0.392 e. The first-order chi connectivity index (χ1) is 5.83. The number of nitrogens with zero attached hydrogens (tertiary/aromatic N) is 2. The average Bonchev–Trinajstić information content (AvgIpc) is 2.50. The molecule has 3 nitrogen and oxygen atoms in total. The molecule has 12 heavy (non-hydrogen) atoms. The minimum absolute atomic E-state index is 0.155. The Hall–Kier alpha value is -0.830. The van der Waals surface area contributed by atoms with Crippen LogP contribution in [0, 0.1) is 0 Å². The molecule has 0 bridgehead atoms. The summed E-state index contributed by atoms with van der Waals surface area (Å²) in [5, 5.41) is 9.45. The van der Waals surface area contributed by atoms with E-state index in [0.717, 1.165) is 25.2 Å². The molecule has 0 aromatic carbocycles. The van der Waals surface area contributed by atoms with E-state index in [1.165, 1.54) is 0 Å². The van der Waals surface area contributed by atoms with E-state index in [2.05, 4.69) is 16.5 Å². The lowest BCUT2D eigenvalue weighted by Gasteiger charge is -2.31. The van der Waals surface area contributed by atoms with Gasteiger partial charge >= 0.3 is 0 Å². The SMILES string of the molecule is CCn1ccnc1C1CCC1O. The zero-order valence-electron chi connectivity index (χ0n) is 7.27. The second kappa shape index (κ2) is 2.90. The Kier molecular flexibility index (Phi) is 1.89. The van der Waals surface area contributed by atoms with Crippen LogP contribution in [0.1, 0.15) is 31.5 Å². The van der Waals surface area contributed by atoms with Crippen molar-refractivity contribution in [2.45, 2.75) is 38.3 Å². The van der Waals surface area contributed by atoms with Gasteiger partial charge in [0.15, 0.2) is 0 Å². The number of hydrogen-bond donors (Lipinski definition) is 1. The van der Waals surface area contributed by atoms with Crippen LogP contribution in [0.2, 0.25) is 0 Å². The van der Waals surface area contributed by atoms with Crippen LogP contribution in [-0.4, -0.2) is 20.8 Å². The molecule has 1 aliphatic rings. The highest BCUT2D eigenvalue weighted by molar-refractivity contribution is 5.07. The molecule has 0 amide bonds. The van der Waals surface area contributed by atoms with Crippen LogP contribution in [0.15, 0.2) is 12.4 Å². The van der Waals surface area contributed by atoms with Gasteiger partial charge in [-0.05, 0) is 19.8 Å². The molecule has 0 radical (unpaired) electrons. The fourth-order valence-electron chi connectivity index (χ4n) is 1.70. The molecule has 2 atom stereocenters. The van der Waals surface area contributed by atoms with Crippen LogP contribution in [0.3, 0.4) is 0 Å². The van der Waals surface area contributed by atoms with Gasteiger partial charge in [-0.15, -0.1) is 0 Å². The molecule has 66 valence electrons. The van der Waals surface area contributed by atoms with E-state index in [1.54, 1.807) is 0 Å². The molecule has 0 spiro atoms.